The molecule has 4 aromatic heterocycles. The van der Waals surface area contributed by atoms with E-state index in [2.05, 4.69) is 146 Å². The zero-order valence-electron chi connectivity index (χ0n) is 27.7. The van der Waals surface area contributed by atoms with Crippen molar-refractivity contribution in [3.8, 4) is 45.2 Å². The molecule has 0 N–H and O–H groups in total. The fourth-order valence-corrected chi connectivity index (χ4v) is 10.1. The molecule has 0 radical (unpaired) electrons. The number of pyridine rings is 1. The molecule has 5 heteroatoms. The third-order valence-corrected chi connectivity index (χ3v) is 12.4. The van der Waals surface area contributed by atoms with Crippen molar-refractivity contribution < 1.29 is 0 Å². The molecule has 11 rings (SSSR count). The second-order valence-electron chi connectivity index (χ2n) is 13.1. The van der Waals surface area contributed by atoms with Crippen molar-refractivity contribution >= 4 is 84.7 Å². The summed E-state index contributed by atoms with van der Waals surface area (Å²) >= 11 is 3.59. The Balaban J connectivity index is 1.16. The number of fused-ring (bicyclic) bond motifs is 9. The lowest BCUT2D eigenvalue weighted by molar-refractivity contribution is 1.19. The van der Waals surface area contributed by atoms with Crippen LogP contribution >= 0.6 is 22.7 Å². The van der Waals surface area contributed by atoms with Crippen LogP contribution in [0, 0.1) is 0 Å². The number of hydrogen-bond donors (Lipinski definition) is 0. The highest BCUT2D eigenvalue weighted by Gasteiger charge is 2.20. The van der Waals surface area contributed by atoms with Crippen molar-refractivity contribution in [2.45, 2.75) is 0 Å². The highest BCUT2D eigenvalue weighted by molar-refractivity contribution is 7.26. The fraction of sp³-hybridized carbons (Fsp3) is 0. The minimum atomic E-state index is 0.710. The smallest absolute Gasteiger partial charge is 0.160 e. The number of aromatic nitrogens is 3. The van der Waals surface area contributed by atoms with Crippen LogP contribution in [0.1, 0.15) is 0 Å². The molecule has 0 aliphatic rings. The summed E-state index contributed by atoms with van der Waals surface area (Å²) in [5, 5.41) is 9.69. The van der Waals surface area contributed by atoms with Crippen LogP contribution in [0.2, 0.25) is 0 Å². The molecule has 3 nitrogen and oxygen atoms in total. The van der Waals surface area contributed by atoms with Crippen molar-refractivity contribution in [1.29, 1.82) is 0 Å². The van der Waals surface area contributed by atoms with Gasteiger partial charge in [-0.3, -0.25) is 0 Å². The minimum Gasteiger partial charge on any atom is -0.236 e. The van der Waals surface area contributed by atoms with E-state index in [-0.39, 0.29) is 0 Å². The first-order valence-electron chi connectivity index (χ1n) is 17.4. The van der Waals surface area contributed by atoms with Gasteiger partial charge in [-0.2, -0.15) is 0 Å². The van der Waals surface area contributed by atoms with Crippen LogP contribution in [0.5, 0.6) is 0 Å². The Labute approximate surface area is 307 Å². The molecular weight excluding hydrogens is 671 g/mol. The Morgan fingerprint density at radius 3 is 1.73 bits per heavy atom. The molecule has 0 saturated heterocycles. The van der Waals surface area contributed by atoms with Crippen LogP contribution in [-0.2, 0) is 0 Å². The third kappa shape index (κ3) is 4.53. The predicted octanol–water partition coefficient (Wildman–Crippen LogP) is 13.6. The normalized spacial score (nSPS) is 11.8. The SMILES string of the molecule is c1ccc(-c2nc(-c3ccc(-c4nc5sc6ccccc6c5c5ccccc45)c4ccccc34)cc(-c3cccc4c3sc3ccccc34)n2)cc1. The van der Waals surface area contributed by atoms with Crippen LogP contribution in [0.3, 0.4) is 0 Å². The van der Waals surface area contributed by atoms with Crippen LogP contribution in [0.4, 0.5) is 0 Å². The van der Waals surface area contributed by atoms with Gasteiger partial charge in [0.05, 0.1) is 17.1 Å². The van der Waals surface area contributed by atoms with E-state index in [0.29, 0.717) is 5.82 Å². The first-order valence-corrected chi connectivity index (χ1v) is 19.0. The zero-order chi connectivity index (χ0) is 34.2. The molecule has 4 heterocycles. The van der Waals surface area contributed by atoms with E-state index in [1.54, 1.807) is 11.3 Å². The molecule has 11 aromatic rings. The summed E-state index contributed by atoms with van der Waals surface area (Å²) in [4.78, 5) is 17.0. The van der Waals surface area contributed by atoms with Crippen LogP contribution in [0.25, 0.3) is 107 Å². The Morgan fingerprint density at radius 1 is 0.365 bits per heavy atom. The predicted molar refractivity (Wildman–Crippen MR) is 222 cm³/mol. The van der Waals surface area contributed by atoms with Gasteiger partial charge in [0.15, 0.2) is 5.82 Å². The number of thiophene rings is 2. The molecular formula is C47H27N3S2. The van der Waals surface area contributed by atoms with Gasteiger partial charge in [-0.25, -0.2) is 15.0 Å². The topological polar surface area (TPSA) is 38.7 Å². The summed E-state index contributed by atoms with van der Waals surface area (Å²) in [5.41, 5.74) is 7.09. The van der Waals surface area contributed by atoms with Crippen molar-refractivity contribution in [3.63, 3.8) is 0 Å². The molecule has 0 unspecified atom stereocenters. The van der Waals surface area contributed by atoms with Gasteiger partial charge in [0.2, 0.25) is 0 Å². The Bertz CT molecular complexity index is 3190. The molecule has 0 amide bonds. The molecule has 0 aliphatic heterocycles. The number of rotatable bonds is 4. The van der Waals surface area contributed by atoms with Gasteiger partial charge in [0.1, 0.15) is 4.83 Å². The van der Waals surface area contributed by atoms with E-state index in [0.717, 1.165) is 60.3 Å². The van der Waals surface area contributed by atoms with Gasteiger partial charge >= 0.3 is 0 Å². The first kappa shape index (κ1) is 29.5. The summed E-state index contributed by atoms with van der Waals surface area (Å²) in [5.74, 6) is 0.710. The maximum absolute atomic E-state index is 5.41. The highest BCUT2D eigenvalue weighted by Crippen LogP contribution is 2.44. The van der Waals surface area contributed by atoms with Crippen LogP contribution in [0.15, 0.2) is 164 Å². The Hall–Kier alpha value is -6.27. The van der Waals surface area contributed by atoms with Gasteiger partial charge < -0.3 is 0 Å². The monoisotopic (exact) mass is 697 g/mol. The second kappa shape index (κ2) is 11.6. The van der Waals surface area contributed by atoms with Gasteiger partial charge in [0.25, 0.3) is 0 Å². The van der Waals surface area contributed by atoms with E-state index in [9.17, 15) is 0 Å². The van der Waals surface area contributed by atoms with Crippen molar-refractivity contribution in [2.75, 3.05) is 0 Å². The molecule has 0 spiro atoms. The Kier molecular flexibility index (Phi) is 6.59. The lowest BCUT2D eigenvalue weighted by atomic mass is 9.93. The molecule has 0 aliphatic carbocycles. The number of hydrogen-bond acceptors (Lipinski definition) is 5. The largest absolute Gasteiger partial charge is 0.236 e. The molecule has 0 fully saturated rings. The maximum atomic E-state index is 5.41. The first-order chi connectivity index (χ1) is 25.8. The van der Waals surface area contributed by atoms with Crippen molar-refractivity contribution in [3.05, 3.63) is 164 Å². The van der Waals surface area contributed by atoms with Gasteiger partial charge in [-0.15, -0.1) is 22.7 Å². The molecule has 0 saturated carbocycles. The standard InChI is InChI=1S/C47H27N3S2/c1-2-13-28(14-3-1)46-48-39(27-40(49-46)37-22-12-21-36-32-17-8-10-23-41(32)51-45(36)37)31-25-26-35(30-16-5-4-15-29(30)31)44-34-19-7-6-18-33(34)43-38-20-9-11-24-42(38)52-47(43)50-44/h1-27H. The van der Waals surface area contributed by atoms with Crippen molar-refractivity contribution in [2.24, 2.45) is 0 Å². The maximum Gasteiger partial charge on any atom is 0.160 e. The minimum absolute atomic E-state index is 0.710. The summed E-state index contributed by atoms with van der Waals surface area (Å²) in [6.07, 6.45) is 0. The summed E-state index contributed by atoms with van der Waals surface area (Å²) in [6, 6.07) is 58.2. The third-order valence-electron chi connectivity index (χ3n) is 10.1. The van der Waals surface area contributed by atoms with E-state index < -0.39 is 0 Å². The number of benzene rings is 7. The summed E-state index contributed by atoms with van der Waals surface area (Å²) in [6.45, 7) is 0. The van der Waals surface area contributed by atoms with Crippen LogP contribution < -0.4 is 0 Å². The van der Waals surface area contributed by atoms with Gasteiger partial charge in [-0.05, 0) is 34.4 Å². The van der Waals surface area contributed by atoms with E-state index >= 15 is 0 Å². The quantitative estimate of drug-likeness (QED) is 0.184. The van der Waals surface area contributed by atoms with Crippen LogP contribution in [-0.4, -0.2) is 15.0 Å². The van der Waals surface area contributed by atoms with Gasteiger partial charge in [0, 0.05) is 63.3 Å². The average molecular weight is 698 g/mol. The highest BCUT2D eigenvalue weighted by atomic mass is 32.1. The van der Waals surface area contributed by atoms with E-state index in [1.165, 1.54) is 41.0 Å². The van der Waals surface area contributed by atoms with E-state index in [4.69, 9.17) is 15.0 Å². The number of nitrogens with zero attached hydrogens (tertiary/aromatic N) is 3. The average Bonchev–Trinajstić information content (AvgIpc) is 3.79. The molecule has 0 bridgehead atoms. The second-order valence-corrected chi connectivity index (χ2v) is 15.2. The molecule has 242 valence electrons. The summed E-state index contributed by atoms with van der Waals surface area (Å²) < 4.78 is 3.77. The van der Waals surface area contributed by atoms with Gasteiger partial charge in [-0.1, -0.05) is 146 Å². The Morgan fingerprint density at radius 2 is 0.942 bits per heavy atom. The van der Waals surface area contributed by atoms with E-state index in [1.807, 2.05) is 29.5 Å². The molecule has 52 heavy (non-hydrogen) atoms. The van der Waals surface area contributed by atoms with Crippen molar-refractivity contribution in [1.82, 2.24) is 15.0 Å². The zero-order valence-corrected chi connectivity index (χ0v) is 29.4. The summed E-state index contributed by atoms with van der Waals surface area (Å²) in [7, 11) is 0. The molecule has 0 atom stereocenters. The molecule has 7 aromatic carbocycles. The fourth-order valence-electron chi connectivity index (χ4n) is 7.76. The lowest BCUT2D eigenvalue weighted by Crippen LogP contribution is -1.97. The lowest BCUT2D eigenvalue weighted by Gasteiger charge is -2.15.